The summed E-state index contributed by atoms with van der Waals surface area (Å²) in [6.45, 7) is 3.75. The molecule has 2 N–H and O–H groups in total. The molecule has 0 aliphatic carbocycles. The van der Waals surface area contributed by atoms with Crippen molar-refractivity contribution in [3.63, 3.8) is 0 Å². The molecule has 0 aromatic heterocycles. The van der Waals surface area contributed by atoms with Gasteiger partial charge in [-0.1, -0.05) is 0 Å². The van der Waals surface area contributed by atoms with Crippen molar-refractivity contribution in [1.82, 2.24) is 0 Å². The van der Waals surface area contributed by atoms with Crippen LogP contribution in [0.15, 0.2) is 11.8 Å². The Morgan fingerprint density at radius 1 is 1.78 bits per heavy atom. The normalized spacial score (nSPS) is 11.1. The maximum Gasteiger partial charge on any atom is 0.335 e. The zero-order chi connectivity index (χ0) is 7.28. The van der Waals surface area contributed by atoms with E-state index >= 15 is 0 Å². The van der Waals surface area contributed by atoms with Gasteiger partial charge < -0.3 is 10.5 Å². The Kier molecular flexibility index (Phi) is 3.51. The largest absolute Gasteiger partial charge is 0.463 e. The zero-order valence-corrected chi connectivity index (χ0v) is 5.68. The highest BCUT2D eigenvalue weighted by Crippen LogP contribution is 1.91. The highest BCUT2D eigenvalue weighted by atomic mass is 16.5. The molecule has 0 radical (unpaired) electrons. The fourth-order valence-corrected chi connectivity index (χ4v) is 0.313. The van der Waals surface area contributed by atoms with Crippen LogP contribution in [-0.2, 0) is 9.53 Å². The van der Waals surface area contributed by atoms with Gasteiger partial charge in [0.05, 0.1) is 6.61 Å². The van der Waals surface area contributed by atoms with Crippen LogP contribution in [-0.4, -0.2) is 12.6 Å². The lowest BCUT2D eigenvalue weighted by Gasteiger charge is -1.98. The summed E-state index contributed by atoms with van der Waals surface area (Å²) in [6, 6.07) is 0. The Labute approximate surface area is 54.5 Å². The molecule has 0 heterocycles. The fraction of sp³-hybridized carbons (Fsp3) is 0.500. The van der Waals surface area contributed by atoms with Crippen LogP contribution in [0.1, 0.15) is 13.8 Å². The van der Waals surface area contributed by atoms with Gasteiger partial charge in [-0.2, -0.15) is 0 Å². The van der Waals surface area contributed by atoms with Gasteiger partial charge >= 0.3 is 5.97 Å². The molecule has 9 heavy (non-hydrogen) atoms. The summed E-state index contributed by atoms with van der Waals surface area (Å²) in [5.41, 5.74) is 5.48. The number of carbonyl (C=O) groups excluding carboxylic acids is 1. The molecule has 3 heteroatoms. The first-order valence-electron chi connectivity index (χ1n) is 2.78. The Bertz CT molecular complexity index is 129. The molecule has 0 spiro atoms. The standard InChI is InChI=1S/C6H11NO2/c1-3-9-6(8)5(2)4-7/h4H,3,7H2,1-2H3/b5-4-. The van der Waals surface area contributed by atoms with Crippen molar-refractivity contribution in [1.29, 1.82) is 0 Å². The van der Waals surface area contributed by atoms with Crippen LogP contribution < -0.4 is 5.73 Å². The van der Waals surface area contributed by atoms with Crippen molar-refractivity contribution in [3.05, 3.63) is 11.8 Å². The van der Waals surface area contributed by atoms with E-state index in [1.54, 1.807) is 13.8 Å². The second kappa shape index (κ2) is 3.95. The summed E-state index contributed by atoms with van der Waals surface area (Å²) in [6.07, 6.45) is 1.23. The van der Waals surface area contributed by atoms with E-state index in [-0.39, 0.29) is 5.97 Å². The van der Waals surface area contributed by atoms with Crippen LogP contribution in [0.2, 0.25) is 0 Å². The predicted octanol–water partition coefficient (Wildman–Crippen LogP) is 0.412. The van der Waals surface area contributed by atoms with Crippen molar-refractivity contribution in [2.24, 2.45) is 5.73 Å². The first-order valence-corrected chi connectivity index (χ1v) is 2.78. The third kappa shape index (κ3) is 2.74. The number of carbonyl (C=O) groups is 1. The van der Waals surface area contributed by atoms with Crippen LogP contribution in [0.25, 0.3) is 0 Å². The average molecular weight is 129 g/mol. The Morgan fingerprint density at radius 2 is 2.33 bits per heavy atom. The van der Waals surface area contributed by atoms with E-state index in [0.29, 0.717) is 12.2 Å². The molecule has 0 bridgehead atoms. The van der Waals surface area contributed by atoms with Gasteiger partial charge in [-0.05, 0) is 13.8 Å². The molecule has 0 aromatic rings. The first kappa shape index (κ1) is 8.01. The van der Waals surface area contributed by atoms with Crippen molar-refractivity contribution >= 4 is 5.97 Å². The van der Waals surface area contributed by atoms with Crippen LogP contribution >= 0.6 is 0 Å². The summed E-state index contributed by atoms with van der Waals surface area (Å²) >= 11 is 0. The molecule has 0 amide bonds. The second-order valence-corrected chi connectivity index (χ2v) is 1.57. The highest BCUT2D eigenvalue weighted by Gasteiger charge is 2.00. The lowest BCUT2D eigenvalue weighted by Crippen LogP contribution is -2.06. The molecule has 0 aliphatic heterocycles. The minimum absolute atomic E-state index is 0.347. The van der Waals surface area contributed by atoms with E-state index in [2.05, 4.69) is 4.74 Å². The second-order valence-electron chi connectivity index (χ2n) is 1.57. The number of nitrogens with two attached hydrogens (primary N) is 1. The molecule has 0 atom stereocenters. The topological polar surface area (TPSA) is 52.3 Å². The smallest absolute Gasteiger partial charge is 0.335 e. The van der Waals surface area contributed by atoms with Gasteiger partial charge in [-0.25, -0.2) is 4.79 Å². The van der Waals surface area contributed by atoms with E-state index < -0.39 is 0 Å². The highest BCUT2D eigenvalue weighted by molar-refractivity contribution is 5.87. The zero-order valence-electron chi connectivity index (χ0n) is 5.68. The SMILES string of the molecule is CCOC(=O)/C(C)=C\N. The van der Waals surface area contributed by atoms with Crippen molar-refractivity contribution < 1.29 is 9.53 Å². The molecule has 0 aliphatic rings. The van der Waals surface area contributed by atoms with E-state index in [4.69, 9.17) is 5.73 Å². The van der Waals surface area contributed by atoms with Crippen molar-refractivity contribution in [2.75, 3.05) is 6.61 Å². The van der Waals surface area contributed by atoms with Gasteiger partial charge in [0.15, 0.2) is 0 Å². The van der Waals surface area contributed by atoms with Crippen LogP contribution in [0.5, 0.6) is 0 Å². The summed E-state index contributed by atoms with van der Waals surface area (Å²) in [5.74, 6) is -0.347. The number of rotatable bonds is 2. The lowest BCUT2D eigenvalue weighted by atomic mass is 10.3. The molecular formula is C6H11NO2. The van der Waals surface area contributed by atoms with Crippen LogP contribution in [0.3, 0.4) is 0 Å². The Hall–Kier alpha value is -0.990. The third-order valence-corrected chi connectivity index (χ3v) is 0.847. The quantitative estimate of drug-likeness (QED) is 0.434. The summed E-state index contributed by atoms with van der Waals surface area (Å²) in [7, 11) is 0. The molecule has 0 saturated carbocycles. The molecule has 0 rings (SSSR count). The van der Waals surface area contributed by atoms with Gasteiger partial charge in [0.1, 0.15) is 0 Å². The minimum Gasteiger partial charge on any atom is -0.463 e. The van der Waals surface area contributed by atoms with E-state index in [9.17, 15) is 4.79 Å². The van der Waals surface area contributed by atoms with E-state index in [1.807, 2.05) is 0 Å². The maximum atomic E-state index is 10.6. The predicted molar refractivity (Wildman–Crippen MR) is 34.6 cm³/mol. The Balaban J connectivity index is 3.74. The number of esters is 1. The van der Waals surface area contributed by atoms with Gasteiger partial charge in [0.25, 0.3) is 0 Å². The summed E-state index contributed by atoms with van der Waals surface area (Å²) < 4.78 is 4.61. The molecule has 0 aromatic carbocycles. The van der Waals surface area contributed by atoms with Gasteiger partial charge in [0, 0.05) is 11.8 Å². The van der Waals surface area contributed by atoms with Crippen molar-refractivity contribution in [3.8, 4) is 0 Å². The molecule has 0 unspecified atom stereocenters. The molecule has 3 nitrogen and oxygen atoms in total. The molecular weight excluding hydrogens is 118 g/mol. The summed E-state index contributed by atoms with van der Waals surface area (Å²) in [4.78, 5) is 10.6. The maximum absolute atomic E-state index is 10.6. The third-order valence-electron chi connectivity index (χ3n) is 0.847. The lowest BCUT2D eigenvalue weighted by molar-refractivity contribution is -0.138. The molecule has 0 fully saturated rings. The van der Waals surface area contributed by atoms with E-state index in [1.165, 1.54) is 6.20 Å². The van der Waals surface area contributed by atoms with Crippen LogP contribution in [0, 0.1) is 0 Å². The fourth-order valence-electron chi connectivity index (χ4n) is 0.313. The first-order chi connectivity index (χ1) is 4.22. The van der Waals surface area contributed by atoms with Gasteiger partial charge in [0.2, 0.25) is 0 Å². The minimum atomic E-state index is -0.347. The number of hydrogen-bond donors (Lipinski definition) is 1. The van der Waals surface area contributed by atoms with Gasteiger partial charge in [-0.15, -0.1) is 0 Å². The van der Waals surface area contributed by atoms with Crippen LogP contribution in [0.4, 0.5) is 0 Å². The molecule has 52 valence electrons. The van der Waals surface area contributed by atoms with Crippen molar-refractivity contribution in [2.45, 2.75) is 13.8 Å². The monoisotopic (exact) mass is 129 g/mol. The number of hydrogen-bond acceptors (Lipinski definition) is 3. The Morgan fingerprint density at radius 3 is 2.67 bits per heavy atom. The van der Waals surface area contributed by atoms with Gasteiger partial charge in [-0.3, -0.25) is 0 Å². The summed E-state index contributed by atoms with van der Waals surface area (Å²) in [5, 5.41) is 0. The molecule has 0 saturated heterocycles. The average Bonchev–Trinajstić information content (AvgIpc) is 1.87. The number of ether oxygens (including phenoxy) is 1. The van der Waals surface area contributed by atoms with E-state index in [0.717, 1.165) is 0 Å².